The summed E-state index contributed by atoms with van der Waals surface area (Å²) in [6.07, 6.45) is 2.83. The van der Waals surface area contributed by atoms with Crippen LogP contribution in [0.15, 0.2) is 36.9 Å². The molecule has 1 fully saturated rings. The molecule has 1 N–H and O–H groups in total. The third-order valence-electron chi connectivity index (χ3n) is 3.68. The van der Waals surface area contributed by atoms with Crippen LogP contribution in [-0.2, 0) is 9.53 Å². The molecule has 1 amide bonds. The van der Waals surface area contributed by atoms with Crippen molar-refractivity contribution in [1.82, 2.24) is 19.7 Å². The van der Waals surface area contributed by atoms with Crippen LogP contribution in [0.2, 0.25) is 0 Å². The first-order chi connectivity index (χ1) is 11.1. The zero-order valence-electron chi connectivity index (χ0n) is 12.3. The van der Waals surface area contributed by atoms with Crippen LogP contribution < -0.4 is 0 Å². The molecule has 1 saturated heterocycles. The average molecular weight is 316 g/mol. The van der Waals surface area contributed by atoms with Crippen LogP contribution in [0.5, 0.6) is 0 Å². The summed E-state index contributed by atoms with van der Waals surface area (Å²) in [7, 11) is 0. The summed E-state index contributed by atoms with van der Waals surface area (Å²) in [5.74, 6) is -1.16. The lowest BCUT2D eigenvalue weighted by Crippen LogP contribution is -2.49. The van der Waals surface area contributed by atoms with Gasteiger partial charge in [-0.2, -0.15) is 5.10 Å². The van der Waals surface area contributed by atoms with Crippen LogP contribution in [0.3, 0.4) is 0 Å². The molecular weight excluding hydrogens is 300 g/mol. The first-order valence-electron chi connectivity index (χ1n) is 7.21. The number of ether oxygens (including phenoxy) is 1. The topological polar surface area (TPSA) is 97.6 Å². The SMILES string of the molecule is O=C(O)C[C@@H]1COCCN1C(=O)c1cccc(-n2cncn2)c1. The largest absolute Gasteiger partial charge is 0.481 e. The van der Waals surface area contributed by atoms with Gasteiger partial charge in [0.25, 0.3) is 5.91 Å². The van der Waals surface area contributed by atoms with Crippen molar-refractivity contribution in [2.45, 2.75) is 12.5 Å². The molecule has 1 atom stereocenters. The Balaban J connectivity index is 1.84. The highest BCUT2D eigenvalue weighted by atomic mass is 16.5. The van der Waals surface area contributed by atoms with Gasteiger partial charge in [0.2, 0.25) is 0 Å². The number of carbonyl (C=O) groups excluding carboxylic acids is 1. The van der Waals surface area contributed by atoms with E-state index in [-0.39, 0.29) is 18.9 Å². The highest BCUT2D eigenvalue weighted by Crippen LogP contribution is 2.17. The fourth-order valence-electron chi connectivity index (χ4n) is 2.58. The van der Waals surface area contributed by atoms with Gasteiger partial charge in [-0.1, -0.05) is 6.07 Å². The molecule has 0 bridgehead atoms. The average Bonchev–Trinajstić information content (AvgIpc) is 3.09. The summed E-state index contributed by atoms with van der Waals surface area (Å²) in [6.45, 7) is 1.02. The van der Waals surface area contributed by atoms with Gasteiger partial charge < -0.3 is 14.7 Å². The molecule has 1 aliphatic heterocycles. The normalized spacial score (nSPS) is 17.9. The molecule has 1 aliphatic rings. The molecule has 120 valence electrons. The summed E-state index contributed by atoms with van der Waals surface area (Å²) < 4.78 is 6.86. The monoisotopic (exact) mass is 316 g/mol. The van der Waals surface area contributed by atoms with Gasteiger partial charge in [0.05, 0.1) is 31.4 Å². The van der Waals surface area contributed by atoms with Gasteiger partial charge in [0.15, 0.2) is 0 Å². The second-order valence-electron chi connectivity index (χ2n) is 5.22. The van der Waals surface area contributed by atoms with E-state index >= 15 is 0 Å². The standard InChI is InChI=1S/C15H16N4O4/c20-14(21)7-13-8-23-5-4-18(13)15(22)11-2-1-3-12(6-11)19-10-16-9-17-19/h1-3,6,9-10,13H,4-5,7-8H2,(H,20,21)/t13-/m1/s1. The van der Waals surface area contributed by atoms with Gasteiger partial charge in [0.1, 0.15) is 12.7 Å². The number of hydrogen-bond acceptors (Lipinski definition) is 5. The Hall–Kier alpha value is -2.74. The first kappa shape index (κ1) is 15.2. The van der Waals surface area contributed by atoms with E-state index < -0.39 is 12.0 Å². The number of benzene rings is 1. The molecule has 8 nitrogen and oxygen atoms in total. The Labute approximate surface area is 132 Å². The van der Waals surface area contributed by atoms with Crippen molar-refractivity contribution < 1.29 is 19.4 Å². The Morgan fingerprint density at radius 3 is 3.00 bits per heavy atom. The van der Waals surface area contributed by atoms with Crippen molar-refractivity contribution in [3.63, 3.8) is 0 Å². The molecule has 23 heavy (non-hydrogen) atoms. The van der Waals surface area contributed by atoms with E-state index in [1.165, 1.54) is 6.33 Å². The van der Waals surface area contributed by atoms with Crippen LogP contribution in [-0.4, -0.2) is 62.4 Å². The minimum atomic E-state index is -0.949. The van der Waals surface area contributed by atoms with Crippen molar-refractivity contribution in [2.24, 2.45) is 0 Å². The van der Waals surface area contributed by atoms with Crippen LogP contribution in [0, 0.1) is 0 Å². The number of hydrogen-bond donors (Lipinski definition) is 1. The maximum Gasteiger partial charge on any atom is 0.305 e. The zero-order chi connectivity index (χ0) is 16.2. The second-order valence-corrected chi connectivity index (χ2v) is 5.22. The van der Waals surface area contributed by atoms with Gasteiger partial charge >= 0.3 is 5.97 Å². The van der Waals surface area contributed by atoms with E-state index in [9.17, 15) is 9.59 Å². The number of amides is 1. The van der Waals surface area contributed by atoms with E-state index in [0.717, 1.165) is 5.69 Å². The number of nitrogens with zero attached hydrogens (tertiary/aromatic N) is 4. The molecule has 0 spiro atoms. The maximum atomic E-state index is 12.7. The third-order valence-corrected chi connectivity index (χ3v) is 3.68. The smallest absolute Gasteiger partial charge is 0.305 e. The van der Waals surface area contributed by atoms with Gasteiger partial charge in [-0.3, -0.25) is 9.59 Å². The van der Waals surface area contributed by atoms with E-state index in [4.69, 9.17) is 9.84 Å². The highest BCUT2D eigenvalue weighted by molar-refractivity contribution is 5.95. The zero-order valence-corrected chi connectivity index (χ0v) is 12.3. The number of aliphatic carboxylic acids is 1. The predicted octanol–water partition coefficient (Wildman–Crippen LogP) is 0.583. The van der Waals surface area contributed by atoms with Crippen LogP contribution in [0.1, 0.15) is 16.8 Å². The van der Waals surface area contributed by atoms with Crippen LogP contribution in [0.25, 0.3) is 5.69 Å². The molecule has 2 heterocycles. The van der Waals surface area contributed by atoms with E-state index in [2.05, 4.69) is 10.1 Å². The number of carboxylic acids is 1. The van der Waals surface area contributed by atoms with Crippen molar-refractivity contribution in [3.05, 3.63) is 42.5 Å². The summed E-state index contributed by atoms with van der Waals surface area (Å²) in [5.41, 5.74) is 1.20. The van der Waals surface area contributed by atoms with Crippen molar-refractivity contribution in [2.75, 3.05) is 19.8 Å². The number of carbonyl (C=O) groups is 2. The second kappa shape index (κ2) is 6.57. The molecule has 2 aromatic rings. The van der Waals surface area contributed by atoms with E-state index in [1.54, 1.807) is 34.1 Å². The fourth-order valence-corrected chi connectivity index (χ4v) is 2.58. The summed E-state index contributed by atoms with van der Waals surface area (Å²) in [5, 5.41) is 13.0. The van der Waals surface area contributed by atoms with E-state index in [0.29, 0.717) is 18.7 Å². The van der Waals surface area contributed by atoms with Crippen LogP contribution >= 0.6 is 0 Å². The van der Waals surface area contributed by atoms with Crippen LogP contribution in [0.4, 0.5) is 0 Å². The molecule has 0 saturated carbocycles. The Morgan fingerprint density at radius 2 is 2.26 bits per heavy atom. The molecule has 0 aliphatic carbocycles. The molecular formula is C15H16N4O4. The highest BCUT2D eigenvalue weighted by Gasteiger charge is 2.29. The fraction of sp³-hybridized carbons (Fsp3) is 0.333. The number of morpholine rings is 1. The van der Waals surface area contributed by atoms with E-state index in [1.807, 2.05) is 6.07 Å². The van der Waals surface area contributed by atoms with Gasteiger partial charge in [-0.15, -0.1) is 0 Å². The minimum Gasteiger partial charge on any atom is -0.481 e. The maximum absolute atomic E-state index is 12.7. The van der Waals surface area contributed by atoms with Crippen molar-refractivity contribution in [1.29, 1.82) is 0 Å². The Morgan fingerprint density at radius 1 is 1.39 bits per heavy atom. The molecule has 1 aromatic heterocycles. The van der Waals surface area contributed by atoms with Gasteiger partial charge in [0, 0.05) is 12.1 Å². The lowest BCUT2D eigenvalue weighted by molar-refractivity contribution is -0.139. The summed E-state index contributed by atoms with van der Waals surface area (Å²) in [6, 6.07) is 6.54. The minimum absolute atomic E-state index is 0.130. The first-order valence-corrected chi connectivity index (χ1v) is 7.21. The molecule has 0 unspecified atom stereocenters. The lowest BCUT2D eigenvalue weighted by atomic mass is 10.1. The quantitative estimate of drug-likeness (QED) is 0.886. The molecule has 0 radical (unpaired) electrons. The third kappa shape index (κ3) is 3.37. The summed E-state index contributed by atoms with van der Waals surface area (Å²) in [4.78, 5) is 29.2. The number of carboxylic acid groups (broad SMARTS) is 1. The molecule has 8 heteroatoms. The number of rotatable bonds is 4. The Kier molecular flexibility index (Phi) is 4.33. The number of aromatic nitrogens is 3. The lowest BCUT2D eigenvalue weighted by Gasteiger charge is -2.35. The Bertz CT molecular complexity index is 701. The molecule has 3 rings (SSSR count). The van der Waals surface area contributed by atoms with Crippen molar-refractivity contribution >= 4 is 11.9 Å². The van der Waals surface area contributed by atoms with Crippen molar-refractivity contribution in [3.8, 4) is 5.69 Å². The molecule has 1 aromatic carbocycles. The van der Waals surface area contributed by atoms with Gasteiger partial charge in [-0.25, -0.2) is 9.67 Å². The van der Waals surface area contributed by atoms with Gasteiger partial charge in [-0.05, 0) is 18.2 Å². The predicted molar refractivity (Wildman–Crippen MR) is 79.3 cm³/mol. The summed E-state index contributed by atoms with van der Waals surface area (Å²) >= 11 is 0.